The standard InChI is InChI=1S/C15H15N3/c1-16-14-7-8-15-13(9-14)10-17-18(15)11-12-5-3-2-4-6-12/h2-10,16H,11H2,1H3. The van der Waals surface area contributed by atoms with Gasteiger partial charge in [-0.15, -0.1) is 0 Å². The van der Waals surface area contributed by atoms with Crippen LogP contribution in [0.3, 0.4) is 0 Å². The third kappa shape index (κ3) is 1.95. The van der Waals surface area contributed by atoms with Crippen LogP contribution in [0.2, 0.25) is 0 Å². The van der Waals surface area contributed by atoms with Crippen LogP contribution in [0.1, 0.15) is 5.56 Å². The van der Waals surface area contributed by atoms with Crippen LogP contribution in [-0.2, 0) is 6.54 Å². The van der Waals surface area contributed by atoms with Gasteiger partial charge >= 0.3 is 0 Å². The monoisotopic (exact) mass is 237 g/mol. The maximum absolute atomic E-state index is 4.45. The van der Waals surface area contributed by atoms with Gasteiger partial charge in [-0.3, -0.25) is 4.68 Å². The van der Waals surface area contributed by atoms with Gasteiger partial charge in [0.05, 0.1) is 18.3 Å². The Labute approximate surface area is 106 Å². The fourth-order valence-electron chi connectivity index (χ4n) is 2.12. The summed E-state index contributed by atoms with van der Waals surface area (Å²) in [5.41, 5.74) is 3.54. The molecule has 0 saturated heterocycles. The van der Waals surface area contributed by atoms with Gasteiger partial charge in [-0.2, -0.15) is 5.10 Å². The van der Waals surface area contributed by atoms with E-state index >= 15 is 0 Å². The van der Waals surface area contributed by atoms with E-state index in [1.54, 1.807) is 0 Å². The Morgan fingerprint density at radius 3 is 2.72 bits per heavy atom. The third-order valence-corrected chi connectivity index (χ3v) is 3.11. The van der Waals surface area contributed by atoms with Crippen LogP contribution < -0.4 is 5.32 Å². The third-order valence-electron chi connectivity index (χ3n) is 3.11. The number of hydrogen-bond donors (Lipinski definition) is 1. The highest BCUT2D eigenvalue weighted by molar-refractivity contribution is 5.82. The van der Waals surface area contributed by atoms with Gasteiger partial charge in [-0.1, -0.05) is 30.3 Å². The number of hydrogen-bond acceptors (Lipinski definition) is 2. The van der Waals surface area contributed by atoms with Crippen molar-refractivity contribution in [2.24, 2.45) is 0 Å². The molecule has 0 aliphatic carbocycles. The van der Waals surface area contributed by atoms with Crippen molar-refractivity contribution in [1.82, 2.24) is 9.78 Å². The molecular formula is C15H15N3. The number of nitrogens with one attached hydrogen (secondary N) is 1. The summed E-state index contributed by atoms with van der Waals surface area (Å²) < 4.78 is 2.03. The zero-order chi connectivity index (χ0) is 12.4. The first-order chi connectivity index (χ1) is 8.86. The smallest absolute Gasteiger partial charge is 0.0687 e. The van der Waals surface area contributed by atoms with Crippen molar-refractivity contribution >= 4 is 16.6 Å². The Bertz CT molecular complexity index is 656. The van der Waals surface area contributed by atoms with Crippen molar-refractivity contribution in [2.45, 2.75) is 6.54 Å². The zero-order valence-electron chi connectivity index (χ0n) is 10.3. The molecule has 0 fully saturated rings. The van der Waals surface area contributed by atoms with E-state index in [1.165, 1.54) is 5.56 Å². The van der Waals surface area contributed by atoms with Crippen molar-refractivity contribution < 1.29 is 0 Å². The molecule has 0 atom stereocenters. The molecule has 1 N–H and O–H groups in total. The predicted octanol–water partition coefficient (Wildman–Crippen LogP) is 3.13. The molecular weight excluding hydrogens is 222 g/mol. The molecule has 0 bridgehead atoms. The number of aromatic nitrogens is 2. The quantitative estimate of drug-likeness (QED) is 0.758. The first-order valence-electron chi connectivity index (χ1n) is 6.04. The average Bonchev–Trinajstić information content (AvgIpc) is 2.82. The number of anilines is 1. The average molecular weight is 237 g/mol. The van der Waals surface area contributed by atoms with Gasteiger partial charge < -0.3 is 5.32 Å². The molecule has 1 heterocycles. The molecule has 2 aromatic carbocycles. The van der Waals surface area contributed by atoms with Crippen LogP contribution in [0.4, 0.5) is 5.69 Å². The molecule has 3 heteroatoms. The molecule has 0 aliphatic heterocycles. The first-order valence-corrected chi connectivity index (χ1v) is 6.04. The largest absolute Gasteiger partial charge is 0.388 e. The summed E-state index contributed by atoms with van der Waals surface area (Å²) in [4.78, 5) is 0. The second kappa shape index (κ2) is 4.53. The second-order valence-electron chi connectivity index (χ2n) is 4.31. The topological polar surface area (TPSA) is 29.9 Å². The van der Waals surface area contributed by atoms with Gasteiger partial charge in [0, 0.05) is 18.1 Å². The fourth-order valence-corrected chi connectivity index (χ4v) is 2.12. The Hall–Kier alpha value is -2.29. The van der Waals surface area contributed by atoms with Gasteiger partial charge in [0.25, 0.3) is 0 Å². The van der Waals surface area contributed by atoms with Crippen molar-refractivity contribution in [2.75, 3.05) is 12.4 Å². The maximum atomic E-state index is 4.45. The molecule has 18 heavy (non-hydrogen) atoms. The highest BCUT2D eigenvalue weighted by Crippen LogP contribution is 2.19. The van der Waals surface area contributed by atoms with E-state index in [0.29, 0.717) is 0 Å². The van der Waals surface area contributed by atoms with E-state index in [-0.39, 0.29) is 0 Å². The molecule has 0 aliphatic rings. The van der Waals surface area contributed by atoms with Crippen molar-refractivity contribution in [3.63, 3.8) is 0 Å². The molecule has 0 amide bonds. The summed E-state index contributed by atoms with van der Waals surface area (Å²) in [7, 11) is 1.93. The van der Waals surface area contributed by atoms with Gasteiger partial charge in [-0.25, -0.2) is 0 Å². The van der Waals surface area contributed by atoms with Crippen LogP contribution >= 0.6 is 0 Å². The van der Waals surface area contributed by atoms with Crippen molar-refractivity contribution in [3.8, 4) is 0 Å². The van der Waals surface area contributed by atoms with E-state index in [9.17, 15) is 0 Å². The lowest BCUT2D eigenvalue weighted by atomic mass is 10.2. The summed E-state index contributed by atoms with van der Waals surface area (Å²) >= 11 is 0. The Morgan fingerprint density at radius 2 is 1.94 bits per heavy atom. The zero-order valence-corrected chi connectivity index (χ0v) is 10.3. The minimum atomic E-state index is 0.809. The molecule has 0 unspecified atom stereocenters. The highest BCUT2D eigenvalue weighted by Gasteiger charge is 2.03. The van der Waals surface area contributed by atoms with Crippen LogP contribution in [0.5, 0.6) is 0 Å². The lowest BCUT2D eigenvalue weighted by Crippen LogP contribution is -2.00. The van der Waals surface area contributed by atoms with Crippen LogP contribution in [-0.4, -0.2) is 16.8 Å². The van der Waals surface area contributed by atoms with Crippen molar-refractivity contribution in [1.29, 1.82) is 0 Å². The van der Waals surface area contributed by atoms with Crippen LogP contribution in [0.15, 0.2) is 54.7 Å². The van der Waals surface area contributed by atoms with E-state index < -0.39 is 0 Å². The Morgan fingerprint density at radius 1 is 1.11 bits per heavy atom. The van der Waals surface area contributed by atoms with Gasteiger partial charge in [0.15, 0.2) is 0 Å². The summed E-state index contributed by atoms with van der Waals surface area (Å²) in [5, 5.41) is 8.76. The lowest BCUT2D eigenvalue weighted by Gasteiger charge is -2.04. The summed E-state index contributed by atoms with van der Waals surface area (Å²) in [6, 6.07) is 16.7. The Balaban J connectivity index is 1.98. The summed E-state index contributed by atoms with van der Waals surface area (Å²) in [6.07, 6.45) is 1.92. The number of nitrogens with zero attached hydrogens (tertiary/aromatic N) is 2. The van der Waals surface area contributed by atoms with Crippen LogP contribution in [0.25, 0.3) is 10.9 Å². The van der Waals surface area contributed by atoms with E-state index in [0.717, 1.165) is 23.1 Å². The molecule has 0 saturated carbocycles. The predicted molar refractivity (Wildman–Crippen MR) is 74.8 cm³/mol. The minimum absolute atomic E-state index is 0.809. The van der Waals surface area contributed by atoms with Gasteiger partial charge in [-0.05, 0) is 23.8 Å². The minimum Gasteiger partial charge on any atom is -0.388 e. The molecule has 3 aromatic rings. The normalized spacial score (nSPS) is 10.7. The van der Waals surface area contributed by atoms with Crippen molar-refractivity contribution in [3.05, 3.63) is 60.3 Å². The fraction of sp³-hybridized carbons (Fsp3) is 0.133. The number of rotatable bonds is 3. The molecule has 0 radical (unpaired) electrons. The molecule has 90 valence electrons. The van der Waals surface area contributed by atoms with Gasteiger partial charge in [0.1, 0.15) is 0 Å². The van der Waals surface area contributed by atoms with Gasteiger partial charge in [0.2, 0.25) is 0 Å². The van der Waals surface area contributed by atoms with E-state index in [4.69, 9.17) is 0 Å². The Kier molecular flexibility index (Phi) is 2.73. The summed E-state index contributed by atoms with van der Waals surface area (Å²) in [5.74, 6) is 0. The molecule has 1 aromatic heterocycles. The van der Waals surface area contributed by atoms with E-state index in [1.807, 2.05) is 24.0 Å². The molecule has 3 nitrogen and oxygen atoms in total. The number of fused-ring (bicyclic) bond motifs is 1. The van der Waals surface area contributed by atoms with E-state index in [2.05, 4.69) is 52.9 Å². The van der Waals surface area contributed by atoms with Crippen LogP contribution in [0, 0.1) is 0 Å². The lowest BCUT2D eigenvalue weighted by molar-refractivity contribution is 0.712. The molecule has 3 rings (SSSR count). The first kappa shape index (κ1) is 10.8. The SMILES string of the molecule is CNc1ccc2c(cnn2Cc2ccccc2)c1. The number of benzene rings is 2. The highest BCUT2D eigenvalue weighted by atomic mass is 15.3. The molecule has 0 spiro atoms. The summed E-state index contributed by atoms with van der Waals surface area (Å²) in [6.45, 7) is 0.809. The maximum Gasteiger partial charge on any atom is 0.0687 e. The second-order valence-corrected chi connectivity index (χ2v) is 4.31.